The summed E-state index contributed by atoms with van der Waals surface area (Å²) in [5, 5.41) is 2.75. The maximum atomic E-state index is 12.6. The van der Waals surface area contributed by atoms with E-state index in [0.717, 1.165) is 0 Å². The Bertz CT molecular complexity index is 601. The second kappa shape index (κ2) is 5.90. The number of carbonyl (C=O) groups is 1. The molecular formula is C13H19N3O3S. The summed E-state index contributed by atoms with van der Waals surface area (Å²) in [5.74, 6) is -0.142. The highest BCUT2D eigenvalue weighted by atomic mass is 32.2. The van der Waals surface area contributed by atoms with Gasteiger partial charge in [0, 0.05) is 32.6 Å². The van der Waals surface area contributed by atoms with E-state index in [9.17, 15) is 13.2 Å². The van der Waals surface area contributed by atoms with E-state index in [0.29, 0.717) is 25.1 Å². The summed E-state index contributed by atoms with van der Waals surface area (Å²) < 4.78 is 26.6. The minimum absolute atomic E-state index is 0.118. The Kier molecular flexibility index (Phi) is 4.42. The maximum absolute atomic E-state index is 12.6. The second-order valence-corrected chi connectivity index (χ2v) is 6.77. The van der Waals surface area contributed by atoms with Gasteiger partial charge in [-0.1, -0.05) is 18.2 Å². The molecule has 110 valence electrons. The zero-order chi connectivity index (χ0) is 14.8. The van der Waals surface area contributed by atoms with Gasteiger partial charge in [-0.3, -0.25) is 4.79 Å². The Labute approximate surface area is 119 Å². The number of nitrogens with two attached hydrogens (primary N) is 1. The van der Waals surface area contributed by atoms with E-state index in [1.807, 2.05) is 0 Å². The summed E-state index contributed by atoms with van der Waals surface area (Å²) in [5.41, 5.74) is 6.21. The van der Waals surface area contributed by atoms with Crippen LogP contribution in [-0.4, -0.2) is 37.8 Å². The smallest absolute Gasteiger partial charge is 0.243 e. The van der Waals surface area contributed by atoms with Crippen molar-refractivity contribution in [3.05, 3.63) is 29.8 Å². The van der Waals surface area contributed by atoms with Crippen molar-refractivity contribution in [3.63, 3.8) is 0 Å². The Morgan fingerprint density at radius 3 is 2.80 bits per heavy atom. The lowest BCUT2D eigenvalue weighted by Gasteiger charge is -2.18. The van der Waals surface area contributed by atoms with Gasteiger partial charge in [0.25, 0.3) is 0 Å². The Balaban J connectivity index is 2.22. The van der Waals surface area contributed by atoms with Crippen molar-refractivity contribution in [2.75, 3.05) is 13.1 Å². The molecule has 0 radical (unpaired) electrons. The van der Waals surface area contributed by atoms with Gasteiger partial charge in [-0.2, -0.15) is 4.31 Å². The number of hydrogen-bond donors (Lipinski definition) is 2. The minimum Gasteiger partial charge on any atom is -0.352 e. The molecule has 0 spiro atoms. The van der Waals surface area contributed by atoms with Gasteiger partial charge in [-0.15, -0.1) is 0 Å². The highest BCUT2D eigenvalue weighted by molar-refractivity contribution is 7.89. The molecule has 6 nitrogen and oxygen atoms in total. The first kappa shape index (κ1) is 15.0. The zero-order valence-electron chi connectivity index (χ0n) is 11.4. The minimum atomic E-state index is -3.55. The molecule has 1 atom stereocenters. The van der Waals surface area contributed by atoms with Crippen molar-refractivity contribution in [2.24, 2.45) is 5.73 Å². The third-order valence-corrected chi connectivity index (χ3v) is 5.33. The molecule has 0 aromatic heterocycles. The Hall–Kier alpha value is -1.44. The average Bonchev–Trinajstić information content (AvgIpc) is 2.87. The molecule has 7 heteroatoms. The molecule has 3 N–H and O–H groups in total. The predicted molar refractivity (Wildman–Crippen MR) is 75.3 cm³/mol. The van der Waals surface area contributed by atoms with Crippen LogP contribution in [0.1, 0.15) is 18.9 Å². The quantitative estimate of drug-likeness (QED) is 0.821. The summed E-state index contributed by atoms with van der Waals surface area (Å²) in [6, 6.07) is 6.63. The van der Waals surface area contributed by atoms with Crippen molar-refractivity contribution in [1.82, 2.24) is 9.62 Å². The van der Waals surface area contributed by atoms with E-state index in [1.165, 1.54) is 11.2 Å². The predicted octanol–water partition coefficient (Wildman–Crippen LogP) is 0.0444. The number of carbonyl (C=O) groups excluding carboxylic acids is 1. The van der Waals surface area contributed by atoms with Crippen molar-refractivity contribution in [2.45, 2.75) is 30.8 Å². The SMILES string of the molecule is CC(=O)NC1CCN(S(=O)(=O)c2ccccc2CN)C1. The number of rotatable bonds is 4. The van der Waals surface area contributed by atoms with Crippen molar-refractivity contribution >= 4 is 15.9 Å². The average molecular weight is 297 g/mol. The molecule has 1 aliphatic rings. The largest absolute Gasteiger partial charge is 0.352 e. The van der Waals surface area contributed by atoms with E-state index in [1.54, 1.807) is 24.3 Å². The van der Waals surface area contributed by atoms with Gasteiger partial charge >= 0.3 is 0 Å². The van der Waals surface area contributed by atoms with Crippen LogP contribution < -0.4 is 11.1 Å². The van der Waals surface area contributed by atoms with Crippen molar-refractivity contribution < 1.29 is 13.2 Å². The van der Waals surface area contributed by atoms with Crippen LogP contribution >= 0.6 is 0 Å². The van der Waals surface area contributed by atoms with Crippen molar-refractivity contribution in [1.29, 1.82) is 0 Å². The van der Waals surface area contributed by atoms with Gasteiger partial charge in [0.1, 0.15) is 0 Å². The molecule has 2 rings (SSSR count). The molecule has 0 saturated carbocycles. The monoisotopic (exact) mass is 297 g/mol. The maximum Gasteiger partial charge on any atom is 0.243 e. The molecule has 0 bridgehead atoms. The standard InChI is InChI=1S/C13H19N3O3S/c1-10(17)15-12-6-7-16(9-12)20(18,19)13-5-3-2-4-11(13)8-14/h2-5,12H,6-9,14H2,1H3,(H,15,17). The number of nitrogens with zero attached hydrogens (tertiary/aromatic N) is 1. The third kappa shape index (κ3) is 3.00. The summed E-state index contributed by atoms with van der Waals surface area (Å²) in [6.07, 6.45) is 0.629. The number of benzene rings is 1. The van der Waals surface area contributed by atoms with Gasteiger partial charge in [0.15, 0.2) is 0 Å². The second-order valence-electron chi connectivity index (χ2n) is 4.86. The van der Waals surface area contributed by atoms with Crippen LogP contribution in [0.3, 0.4) is 0 Å². The number of amides is 1. The van der Waals surface area contributed by atoms with Crippen molar-refractivity contribution in [3.8, 4) is 0 Å². The highest BCUT2D eigenvalue weighted by Gasteiger charge is 2.33. The zero-order valence-corrected chi connectivity index (χ0v) is 12.2. The topological polar surface area (TPSA) is 92.5 Å². The molecule has 1 aromatic rings. The summed E-state index contributed by atoms with van der Waals surface area (Å²) in [7, 11) is -3.55. The Morgan fingerprint density at radius 1 is 1.45 bits per heavy atom. The number of sulfonamides is 1. The highest BCUT2D eigenvalue weighted by Crippen LogP contribution is 2.23. The number of hydrogen-bond acceptors (Lipinski definition) is 4. The van der Waals surface area contributed by atoms with Crippen LogP contribution in [0.2, 0.25) is 0 Å². The third-order valence-electron chi connectivity index (χ3n) is 3.37. The van der Waals surface area contributed by atoms with Gasteiger partial charge in [-0.05, 0) is 18.1 Å². The normalized spacial score (nSPS) is 20.0. The number of nitrogens with one attached hydrogen (secondary N) is 1. The van der Waals surface area contributed by atoms with Crippen LogP contribution in [0.25, 0.3) is 0 Å². The van der Waals surface area contributed by atoms with Gasteiger partial charge < -0.3 is 11.1 Å². The van der Waals surface area contributed by atoms with E-state index in [4.69, 9.17) is 5.73 Å². The molecule has 0 aliphatic carbocycles. The van der Waals surface area contributed by atoms with Gasteiger partial charge in [-0.25, -0.2) is 8.42 Å². The van der Waals surface area contributed by atoms with Crippen LogP contribution in [0.5, 0.6) is 0 Å². The van der Waals surface area contributed by atoms with E-state index in [-0.39, 0.29) is 23.4 Å². The molecule has 1 aromatic carbocycles. The lowest BCUT2D eigenvalue weighted by molar-refractivity contribution is -0.119. The van der Waals surface area contributed by atoms with E-state index < -0.39 is 10.0 Å². The molecular weight excluding hydrogens is 278 g/mol. The van der Waals surface area contributed by atoms with Crippen LogP contribution in [0, 0.1) is 0 Å². The summed E-state index contributed by atoms with van der Waals surface area (Å²) in [4.78, 5) is 11.3. The molecule has 1 saturated heterocycles. The lowest BCUT2D eigenvalue weighted by Crippen LogP contribution is -2.37. The van der Waals surface area contributed by atoms with Gasteiger partial charge in [0.05, 0.1) is 4.90 Å². The molecule has 1 amide bonds. The first-order valence-corrected chi connectivity index (χ1v) is 7.94. The fraction of sp³-hybridized carbons (Fsp3) is 0.462. The first-order valence-electron chi connectivity index (χ1n) is 6.50. The van der Waals surface area contributed by atoms with Gasteiger partial charge in [0.2, 0.25) is 15.9 Å². The first-order chi connectivity index (χ1) is 9.45. The van der Waals surface area contributed by atoms with Crippen LogP contribution in [0.4, 0.5) is 0 Å². The van der Waals surface area contributed by atoms with E-state index >= 15 is 0 Å². The summed E-state index contributed by atoms with van der Waals surface area (Å²) >= 11 is 0. The lowest BCUT2D eigenvalue weighted by atomic mass is 10.2. The van der Waals surface area contributed by atoms with E-state index in [2.05, 4.69) is 5.32 Å². The van der Waals surface area contributed by atoms with Crippen LogP contribution in [0.15, 0.2) is 29.2 Å². The molecule has 20 heavy (non-hydrogen) atoms. The summed E-state index contributed by atoms with van der Waals surface area (Å²) in [6.45, 7) is 2.33. The Morgan fingerprint density at radius 2 is 2.15 bits per heavy atom. The molecule has 1 fully saturated rings. The van der Waals surface area contributed by atoms with Crippen LogP contribution in [-0.2, 0) is 21.4 Å². The molecule has 1 unspecified atom stereocenters. The molecule has 1 heterocycles. The fourth-order valence-corrected chi connectivity index (χ4v) is 4.15. The fourth-order valence-electron chi connectivity index (χ4n) is 2.41. The molecule has 1 aliphatic heterocycles.